The molecule has 0 amide bonds. The van der Waals surface area contributed by atoms with E-state index in [9.17, 15) is 0 Å². The Bertz CT molecular complexity index is 1730. The van der Waals surface area contributed by atoms with Crippen molar-refractivity contribution in [1.82, 2.24) is 0 Å². The third-order valence-electron chi connectivity index (χ3n) is 11.8. The molecule has 46 heavy (non-hydrogen) atoms. The molecule has 236 valence electrons. The van der Waals surface area contributed by atoms with Crippen molar-refractivity contribution in [2.45, 2.75) is 95.8 Å². The molecule has 1 fully saturated rings. The minimum atomic E-state index is -3.13. The first-order chi connectivity index (χ1) is 22.1. The van der Waals surface area contributed by atoms with Crippen LogP contribution in [-0.4, -0.2) is 0 Å². The van der Waals surface area contributed by atoms with E-state index in [1.165, 1.54) is 70.2 Å². The number of allylic oxidation sites excluding steroid dienone is 2. The molecule has 3 aliphatic rings. The van der Waals surface area contributed by atoms with Gasteiger partial charge in [0.1, 0.15) is 0 Å². The first-order valence-corrected chi connectivity index (χ1v) is 29.4. The number of hydrogen-bond donors (Lipinski definition) is 0. The number of fused-ring (bicyclic) bond motifs is 6. The molecule has 1 aliphatic heterocycles. The van der Waals surface area contributed by atoms with Crippen LogP contribution in [0, 0.1) is 5.41 Å². The molecule has 0 N–H and O–H groups in total. The van der Waals surface area contributed by atoms with Crippen LogP contribution in [0.15, 0.2) is 96.1 Å². The summed E-state index contributed by atoms with van der Waals surface area (Å²) in [7, 11) is 0. The van der Waals surface area contributed by atoms with E-state index >= 15 is 0 Å². The Morgan fingerprint density at radius 2 is 1.00 bits per heavy atom. The summed E-state index contributed by atoms with van der Waals surface area (Å²) in [6.45, 7) is 14.1. The van der Waals surface area contributed by atoms with Gasteiger partial charge >= 0.3 is 285 Å². The van der Waals surface area contributed by atoms with Crippen molar-refractivity contribution in [3.63, 3.8) is 0 Å². The predicted molar refractivity (Wildman–Crippen MR) is 197 cm³/mol. The van der Waals surface area contributed by atoms with Crippen LogP contribution in [0.1, 0.15) is 120 Å². The van der Waals surface area contributed by atoms with E-state index in [1.54, 1.807) is 22.3 Å². The average Bonchev–Trinajstić information content (AvgIpc) is 3.66. The van der Waals surface area contributed by atoms with Gasteiger partial charge in [0.15, 0.2) is 0 Å². The van der Waals surface area contributed by atoms with Gasteiger partial charge in [0.2, 0.25) is 0 Å². The number of rotatable bonds is 8. The molecule has 1 heteroatoms. The SMILES string of the molecule is CCCC1(CCC)C2=Cc3c(-c4cccc(C(C)C)c4)cccc3[CH]2[Hf]([CH3])([CH3])[CH]2C1=Cc1c(-c3cccc(C(C)C)c3)cccc12. The normalized spacial score (nSPS) is 20.2. The molecular weight excluding hydrogens is 719 g/mol. The Morgan fingerprint density at radius 1 is 0.587 bits per heavy atom. The average molecular weight is 771 g/mol. The van der Waals surface area contributed by atoms with Gasteiger partial charge in [0, 0.05) is 0 Å². The summed E-state index contributed by atoms with van der Waals surface area (Å²) in [6.07, 6.45) is 10.4. The van der Waals surface area contributed by atoms with Crippen LogP contribution in [0.3, 0.4) is 0 Å². The molecule has 2 aliphatic carbocycles. The molecular formula is C45H52Hf. The Morgan fingerprint density at radius 3 is 1.39 bits per heavy atom. The standard InChI is InChI=1S/C43H46.2CH3.Hf/c1-7-21-43(22-8-2,37-25-35-17-11-19-39(41(35)27-37)33-15-9-13-31(23-33)29(3)4)38-26-36-18-12-20-40(42(36)28-38)34-16-10-14-32(24-34)30(5)6;;;/h9-20,23-30H,7-8,21-22H2,1-6H3;2*1H3;. The van der Waals surface area contributed by atoms with Crippen molar-refractivity contribution in [3.05, 3.63) is 129 Å². The summed E-state index contributed by atoms with van der Waals surface area (Å²) in [4.78, 5) is 0. The van der Waals surface area contributed by atoms with Crippen LogP contribution < -0.4 is 0 Å². The minimum absolute atomic E-state index is 0.125. The van der Waals surface area contributed by atoms with Gasteiger partial charge in [-0.25, -0.2) is 0 Å². The monoisotopic (exact) mass is 772 g/mol. The quantitative estimate of drug-likeness (QED) is 0.157. The summed E-state index contributed by atoms with van der Waals surface area (Å²) in [5.74, 6) is 1.05. The second-order valence-electron chi connectivity index (χ2n) is 15.6. The van der Waals surface area contributed by atoms with Gasteiger partial charge in [-0.05, 0) is 0 Å². The van der Waals surface area contributed by atoms with E-state index in [4.69, 9.17) is 0 Å². The van der Waals surface area contributed by atoms with Gasteiger partial charge in [0.05, 0.1) is 0 Å². The molecule has 0 bridgehead atoms. The molecule has 0 spiro atoms. The Balaban J connectivity index is 1.46. The van der Waals surface area contributed by atoms with E-state index in [1.807, 2.05) is 0 Å². The van der Waals surface area contributed by atoms with E-state index in [-0.39, 0.29) is 5.41 Å². The van der Waals surface area contributed by atoms with Crippen molar-refractivity contribution < 1.29 is 20.0 Å². The zero-order valence-electron chi connectivity index (χ0n) is 29.4. The van der Waals surface area contributed by atoms with E-state index in [0.717, 1.165) is 0 Å². The maximum absolute atomic E-state index is 3.13. The van der Waals surface area contributed by atoms with Gasteiger partial charge in [-0.1, -0.05) is 0 Å². The molecule has 2 unspecified atom stereocenters. The van der Waals surface area contributed by atoms with Gasteiger partial charge in [-0.2, -0.15) is 0 Å². The number of benzene rings is 4. The molecule has 0 radical (unpaired) electrons. The van der Waals surface area contributed by atoms with Crippen LogP contribution in [-0.2, 0) is 20.0 Å². The zero-order valence-corrected chi connectivity index (χ0v) is 33.0. The van der Waals surface area contributed by atoms with Crippen molar-refractivity contribution in [2.75, 3.05) is 0 Å². The maximum atomic E-state index is 2.80. The molecule has 0 nitrogen and oxygen atoms in total. The molecule has 1 heterocycles. The summed E-state index contributed by atoms with van der Waals surface area (Å²) in [5, 5.41) is 0. The van der Waals surface area contributed by atoms with Crippen LogP contribution in [0.4, 0.5) is 0 Å². The Hall–Kier alpha value is -2.77. The molecule has 0 saturated carbocycles. The van der Waals surface area contributed by atoms with Gasteiger partial charge in [-0.15, -0.1) is 0 Å². The summed E-state index contributed by atoms with van der Waals surface area (Å²) < 4.78 is 6.84. The summed E-state index contributed by atoms with van der Waals surface area (Å²) in [5.41, 5.74) is 18.5. The van der Waals surface area contributed by atoms with E-state index in [0.29, 0.717) is 19.2 Å². The molecule has 7 rings (SSSR count). The first-order valence-electron chi connectivity index (χ1n) is 18.0. The van der Waals surface area contributed by atoms with Crippen molar-refractivity contribution >= 4 is 12.2 Å². The second-order valence-corrected chi connectivity index (χ2v) is 32.9. The van der Waals surface area contributed by atoms with Crippen molar-refractivity contribution in [2.24, 2.45) is 5.41 Å². The van der Waals surface area contributed by atoms with Gasteiger partial charge < -0.3 is 0 Å². The molecule has 4 aromatic rings. The first kappa shape index (κ1) is 31.8. The van der Waals surface area contributed by atoms with Crippen LogP contribution in [0.5, 0.6) is 0 Å². The van der Waals surface area contributed by atoms with Gasteiger partial charge in [0.25, 0.3) is 0 Å². The van der Waals surface area contributed by atoms with Crippen molar-refractivity contribution in [3.8, 4) is 22.3 Å². The predicted octanol–water partition coefficient (Wildman–Crippen LogP) is 13.7. The van der Waals surface area contributed by atoms with Crippen molar-refractivity contribution in [1.29, 1.82) is 0 Å². The van der Waals surface area contributed by atoms with E-state index < -0.39 is 20.0 Å². The molecule has 1 saturated heterocycles. The van der Waals surface area contributed by atoms with Gasteiger partial charge in [-0.3, -0.25) is 0 Å². The fourth-order valence-corrected chi connectivity index (χ4v) is 26.9. The molecule has 4 aromatic carbocycles. The Kier molecular flexibility index (Phi) is 8.32. The second kappa shape index (κ2) is 12.0. The third kappa shape index (κ3) is 4.86. The Labute approximate surface area is 283 Å². The summed E-state index contributed by atoms with van der Waals surface area (Å²) >= 11 is -3.13. The summed E-state index contributed by atoms with van der Waals surface area (Å²) in [6, 6.07) is 33.2. The number of hydrogen-bond acceptors (Lipinski definition) is 0. The third-order valence-corrected chi connectivity index (χ3v) is 27.0. The zero-order chi connectivity index (χ0) is 32.4. The fraction of sp³-hybridized carbons (Fsp3) is 0.378. The fourth-order valence-electron chi connectivity index (χ4n) is 9.76. The molecule has 2 atom stereocenters. The van der Waals surface area contributed by atoms with Crippen LogP contribution in [0.25, 0.3) is 34.4 Å². The molecule has 0 aromatic heterocycles. The van der Waals surface area contributed by atoms with Crippen LogP contribution >= 0.6 is 0 Å². The van der Waals surface area contributed by atoms with E-state index in [2.05, 4.69) is 148 Å². The van der Waals surface area contributed by atoms with Crippen LogP contribution in [0.2, 0.25) is 9.36 Å². The topological polar surface area (TPSA) is 0 Å².